The van der Waals surface area contributed by atoms with Crippen LogP contribution in [0, 0.1) is 5.92 Å². The molecule has 2 aliphatic heterocycles. The van der Waals surface area contributed by atoms with Crippen molar-refractivity contribution in [1.29, 1.82) is 0 Å². The van der Waals surface area contributed by atoms with E-state index in [1.807, 2.05) is 36.9 Å². The van der Waals surface area contributed by atoms with Crippen molar-refractivity contribution >= 4 is 17.7 Å². The Bertz CT molecular complexity index is 988. The molecule has 0 saturated carbocycles. The SMILES string of the molecule is CC(C)C(=O)N1CCC2(CC1)OC[C@@H](C(=O)NCc1cccnc1)N2C(=O)c1ccccc1. The number of amides is 3. The van der Waals surface area contributed by atoms with Gasteiger partial charge in [-0.25, -0.2) is 0 Å². The Morgan fingerprint density at radius 1 is 1.12 bits per heavy atom. The number of nitrogens with one attached hydrogen (secondary N) is 1. The van der Waals surface area contributed by atoms with Gasteiger partial charge < -0.3 is 15.0 Å². The fourth-order valence-corrected chi connectivity index (χ4v) is 4.54. The molecule has 1 spiro atoms. The van der Waals surface area contributed by atoms with Crippen LogP contribution in [-0.4, -0.2) is 64.0 Å². The molecule has 8 nitrogen and oxygen atoms in total. The second-order valence-electron chi connectivity index (χ2n) is 8.87. The number of carbonyl (C=O) groups excluding carboxylic acids is 3. The summed E-state index contributed by atoms with van der Waals surface area (Å²) in [7, 11) is 0. The number of piperidine rings is 1. The van der Waals surface area contributed by atoms with Crippen LogP contribution in [0.2, 0.25) is 0 Å². The Morgan fingerprint density at radius 3 is 2.48 bits per heavy atom. The number of hydrogen-bond donors (Lipinski definition) is 1. The van der Waals surface area contributed by atoms with Crippen LogP contribution in [0.15, 0.2) is 54.9 Å². The van der Waals surface area contributed by atoms with Gasteiger partial charge in [0.05, 0.1) is 6.61 Å². The zero-order valence-electron chi connectivity index (χ0n) is 19.1. The molecule has 174 valence electrons. The molecule has 0 aliphatic carbocycles. The lowest BCUT2D eigenvalue weighted by atomic mass is 9.95. The fourth-order valence-electron chi connectivity index (χ4n) is 4.54. The molecule has 0 unspecified atom stereocenters. The Hall–Kier alpha value is -3.26. The number of likely N-dealkylation sites (tertiary alicyclic amines) is 1. The summed E-state index contributed by atoms with van der Waals surface area (Å²) >= 11 is 0. The predicted octanol–water partition coefficient (Wildman–Crippen LogP) is 2.21. The first-order valence-electron chi connectivity index (χ1n) is 11.4. The van der Waals surface area contributed by atoms with Crippen molar-refractivity contribution in [2.75, 3.05) is 19.7 Å². The normalized spacial score (nSPS) is 19.7. The number of benzene rings is 1. The first-order chi connectivity index (χ1) is 15.9. The third-order valence-electron chi connectivity index (χ3n) is 6.34. The van der Waals surface area contributed by atoms with E-state index in [0.717, 1.165) is 5.56 Å². The third-order valence-corrected chi connectivity index (χ3v) is 6.34. The van der Waals surface area contributed by atoms with E-state index in [0.29, 0.717) is 38.0 Å². The first kappa shape index (κ1) is 22.9. The van der Waals surface area contributed by atoms with Crippen LogP contribution in [0.3, 0.4) is 0 Å². The largest absolute Gasteiger partial charge is 0.353 e. The summed E-state index contributed by atoms with van der Waals surface area (Å²) in [6.07, 6.45) is 4.31. The van der Waals surface area contributed by atoms with Gasteiger partial charge in [-0.15, -0.1) is 0 Å². The van der Waals surface area contributed by atoms with E-state index in [-0.39, 0.29) is 30.2 Å². The van der Waals surface area contributed by atoms with Gasteiger partial charge in [-0.3, -0.25) is 24.3 Å². The Morgan fingerprint density at radius 2 is 1.85 bits per heavy atom. The highest BCUT2D eigenvalue weighted by atomic mass is 16.5. The highest BCUT2D eigenvalue weighted by molar-refractivity contribution is 5.98. The second kappa shape index (κ2) is 9.70. The smallest absolute Gasteiger partial charge is 0.256 e. The van der Waals surface area contributed by atoms with E-state index in [4.69, 9.17) is 4.74 Å². The van der Waals surface area contributed by atoms with Crippen LogP contribution in [0.1, 0.15) is 42.6 Å². The van der Waals surface area contributed by atoms with Crippen LogP contribution >= 0.6 is 0 Å². The van der Waals surface area contributed by atoms with E-state index < -0.39 is 11.8 Å². The Labute approximate surface area is 193 Å². The summed E-state index contributed by atoms with van der Waals surface area (Å²) in [5.74, 6) is -0.495. The molecule has 1 aromatic carbocycles. The van der Waals surface area contributed by atoms with Gasteiger partial charge in [-0.05, 0) is 23.8 Å². The van der Waals surface area contributed by atoms with Gasteiger partial charge in [0.2, 0.25) is 11.8 Å². The minimum absolute atomic E-state index is 0.0865. The molecule has 2 aromatic rings. The van der Waals surface area contributed by atoms with E-state index in [1.165, 1.54) is 0 Å². The summed E-state index contributed by atoms with van der Waals surface area (Å²) in [5.41, 5.74) is 0.478. The molecule has 1 aromatic heterocycles. The number of carbonyl (C=O) groups is 3. The highest BCUT2D eigenvalue weighted by Gasteiger charge is 2.54. The van der Waals surface area contributed by atoms with E-state index >= 15 is 0 Å². The number of nitrogens with zero attached hydrogens (tertiary/aromatic N) is 3. The summed E-state index contributed by atoms with van der Waals surface area (Å²) in [5, 5.41) is 2.92. The van der Waals surface area contributed by atoms with Gasteiger partial charge in [-0.2, -0.15) is 0 Å². The highest BCUT2D eigenvalue weighted by Crippen LogP contribution is 2.38. The lowest BCUT2D eigenvalue weighted by Gasteiger charge is -2.44. The van der Waals surface area contributed by atoms with Gasteiger partial charge in [0.1, 0.15) is 11.8 Å². The third kappa shape index (κ3) is 4.75. The molecule has 3 amide bonds. The molecular formula is C25H30N4O4. The van der Waals surface area contributed by atoms with E-state index in [1.54, 1.807) is 41.6 Å². The molecule has 0 bridgehead atoms. The molecule has 1 N–H and O–H groups in total. The average molecular weight is 451 g/mol. The topological polar surface area (TPSA) is 91.8 Å². The van der Waals surface area contributed by atoms with Crippen molar-refractivity contribution < 1.29 is 19.1 Å². The second-order valence-corrected chi connectivity index (χ2v) is 8.87. The van der Waals surface area contributed by atoms with Crippen molar-refractivity contribution in [3.8, 4) is 0 Å². The maximum Gasteiger partial charge on any atom is 0.256 e. The molecule has 8 heteroatoms. The average Bonchev–Trinajstić information content (AvgIpc) is 3.21. The molecule has 2 saturated heterocycles. The van der Waals surface area contributed by atoms with Gasteiger partial charge in [0.15, 0.2) is 0 Å². The lowest BCUT2D eigenvalue weighted by Crippen LogP contribution is -2.60. The van der Waals surface area contributed by atoms with Crippen LogP contribution < -0.4 is 5.32 Å². The minimum Gasteiger partial charge on any atom is -0.353 e. The van der Waals surface area contributed by atoms with Gasteiger partial charge >= 0.3 is 0 Å². The zero-order chi connectivity index (χ0) is 23.4. The molecule has 0 radical (unpaired) electrons. The molecule has 2 aliphatic rings. The maximum atomic E-state index is 13.6. The molecule has 4 rings (SSSR count). The predicted molar refractivity (Wildman–Crippen MR) is 122 cm³/mol. The van der Waals surface area contributed by atoms with Crippen LogP contribution in [0.5, 0.6) is 0 Å². The molecule has 33 heavy (non-hydrogen) atoms. The molecule has 3 heterocycles. The van der Waals surface area contributed by atoms with Crippen molar-refractivity contribution in [2.45, 2.75) is 45.0 Å². The number of ether oxygens (including phenoxy) is 1. The van der Waals surface area contributed by atoms with Gasteiger partial charge in [0.25, 0.3) is 5.91 Å². The van der Waals surface area contributed by atoms with Crippen molar-refractivity contribution in [3.63, 3.8) is 0 Å². The van der Waals surface area contributed by atoms with Crippen molar-refractivity contribution in [3.05, 3.63) is 66.0 Å². The lowest BCUT2D eigenvalue weighted by molar-refractivity contribution is -0.146. The quantitative estimate of drug-likeness (QED) is 0.754. The fraction of sp³-hybridized carbons (Fsp3) is 0.440. The minimum atomic E-state index is -0.906. The zero-order valence-corrected chi connectivity index (χ0v) is 19.1. The molecule has 1 atom stereocenters. The summed E-state index contributed by atoms with van der Waals surface area (Å²) in [6, 6.07) is 11.9. The number of pyridine rings is 1. The standard InChI is InChI=1S/C25H30N4O4/c1-18(2)23(31)28-13-10-25(11-14-28)29(24(32)20-8-4-3-5-9-20)21(17-33-25)22(30)27-16-19-7-6-12-26-15-19/h3-9,12,15,18,21H,10-11,13-14,16-17H2,1-2H3,(H,27,30)/t21-/m0/s1. The maximum absolute atomic E-state index is 13.6. The Balaban J connectivity index is 1.55. The summed E-state index contributed by atoms with van der Waals surface area (Å²) in [4.78, 5) is 46.8. The van der Waals surface area contributed by atoms with Crippen LogP contribution in [-0.2, 0) is 20.9 Å². The first-order valence-corrected chi connectivity index (χ1v) is 11.4. The van der Waals surface area contributed by atoms with E-state index in [9.17, 15) is 14.4 Å². The van der Waals surface area contributed by atoms with Crippen LogP contribution in [0.4, 0.5) is 0 Å². The monoisotopic (exact) mass is 450 g/mol. The van der Waals surface area contributed by atoms with E-state index in [2.05, 4.69) is 10.3 Å². The number of aromatic nitrogens is 1. The number of hydrogen-bond acceptors (Lipinski definition) is 5. The van der Waals surface area contributed by atoms with Crippen molar-refractivity contribution in [1.82, 2.24) is 20.1 Å². The molecular weight excluding hydrogens is 420 g/mol. The van der Waals surface area contributed by atoms with Gasteiger partial charge in [0, 0.05) is 56.4 Å². The molecule has 2 fully saturated rings. The number of rotatable bonds is 5. The van der Waals surface area contributed by atoms with Crippen molar-refractivity contribution in [2.24, 2.45) is 5.92 Å². The Kier molecular flexibility index (Phi) is 6.74. The van der Waals surface area contributed by atoms with Crippen LogP contribution in [0.25, 0.3) is 0 Å². The summed E-state index contributed by atoms with van der Waals surface area (Å²) < 4.78 is 6.20. The summed E-state index contributed by atoms with van der Waals surface area (Å²) in [6.45, 7) is 5.17. The van der Waals surface area contributed by atoms with Gasteiger partial charge in [-0.1, -0.05) is 38.1 Å².